The molecule has 1 aliphatic heterocycles. The summed E-state index contributed by atoms with van der Waals surface area (Å²) in [6.07, 6.45) is 0. The number of hydrogen-bond donors (Lipinski definition) is 1. The SMILES string of the molecule is CC(C)C1C[S+]([O-])CN1. The molecular weight excluding hydrogens is 134 g/mol. The van der Waals surface area contributed by atoms with E-state index < -0.39 is 11.2 Å². The van der Waals surface area contributed by atoms with Gasteiger partial charge in [0.25, 0.3) is 0 Å². The molecule has 1 saturated heterocycles. The van der Waals surface area contributed by atoms with Gasteiger partial charge in [-0.3, -0.25) is 5.32 Å². The topological polar surface area (TPSA) is 35.1 Å². The summed E-state index contributed by atoms with van der Waals surface area (Å²) in [7, 11) is 0. The summed E-state index contributed by atoms with van der Waals surface area (Å²) in [6.45, 7) is 4.31. The summed E-state index contributed by atoms with van der Waals surface area (Å²) < 4.78 is 10.8. The second-order valence-corrected chi connectivity index (χ2v) is 4.31. The largest absolute Gasteiger partial charge is 0.615 e. The molecule has 2 nitrogen and oxygen atoms in total. The van der Waals surface area contributed by atoms with Crippen molar-refractivity contribution >= 4 is 11.2 Å². The molecular formula is C6H13NOS. The van der Waals surface area contributed by atoms with Crippen molar-refractivity contribution in [2.75, 3.05) is 11.6 Å². The fourth-order valence-corrected chi connectivity index (χ4v) is 2.37. The van der Waals surface area contributed by atoms with E-state index in [0.717, 1.165) is 5.75 Å². The minimum atomic E-state index is -0.585. The number of hydrogen-bond acceptors (Lipinski definition) is 2. The molecule has 1 N–H and O–H groups in total. The summed E-state index contributed by atoms with van der Waals surface area (Å²) in [5.74, 6) is 2.16. The van der Waals surface area contributed by atoms with Gasteiger partial charge in [-0.2, -0.15) is 0 Å². The van der Waals surface area contributed by atoms with Crippen molar-refractivity contribution in [3.8, 4) is 0 Å². The van der Waals surface area contributed by atoms with Crippen molar-refractivity contribution in [1.29, 1.82) is 0 Å². The van der Waals surface area contributed by atoms with Gasteiger partial charge in [0.05, 0.1) is 6.04 Å². The summed E-state index contributed by atoms with van der Waals surface area (Å²) in [5, 5.41) is 3.21. The van der Waals surface area contributed by atoms with Crippen LogP contribution in [0.25, 0.3) is 0 Å². The Morgan fingerprint density at radius 1 is 1.67 bits per heavy atom. The average molecular weight is 147 g/mol. The van der Waals surface area contributed by atoms with Crippen LogP contribution in [0.3, 0.4) is 0 Å². The average Bonchev–Trinajstić information content (AvgIpc) is 2.14. The fourth-order valence-electron chi connectivity index (χ4n) is 0.946. The van der Waals surface area contributed by atoms with Crippen molar-refractivity contribution in [2.45, 2.75) is 19.9 Å². The molecule has 54 valence electrons. The maximum Gasteiger partial charge on any atom is 0.157 e. The molecule has 0 aliphatic carbocycles. The third kappa shape index (κ3) is 1.85. The van der Waals surface area contributed by atoms with Gasteiger partial charge in [-0.1, -0.05) is 13.8 Å². The van der Waals surface area contributed by atoms with Crippen LogP contribution in [0.4, 0.5) is 0 Å². The Bertz CT molecular complexity index is 97.1. The van der Waals surface area contributed by atoms with E-state index >= 15 is 0 Å². The van der Waals surface area contributed by atoms with E-state index in [9.17, 15) is 4.55 Å². The lowest BCUT2D eigenvalue weighted by Gasteiger charge is -2.09. The van der Waals surface area contributed by atoms with Crippen LogP contribution in [0.15, 0.2) is 0 Å². The van der Waals surface area contributed by atoms with Crippen LogP contribution >= 0.6 is 0 Å². The van der Waals surface area contributed by atoms with Gasteiger partial charge in [-0.15, -0.1) is 0 Å². The molecule has 2 atom stereocenters. The summed E-state index contributed by atoms with van der Waals surface area (Å²) in [6, 6.07) is 0.492. The molecule has 0 aromatic heterocycles. The van der Waals surface area contributed by atoms with E-state index in [1.165, 1.54) is 0 Å². The predicted molar refractivity (Wildman–Crippen MR) is 39.6 cm³/mol. The van der Waals surface area contributed by atoms with E-state index in [4.69, 9.17) is 0 Å². The van der Waals surface area contributed by atoms with Gasteiger partial charge in [-0.25, -0.2) is 0 Å². The minimum Gasteiger partial charge on any atom is -0.615 e. The molecule has 9 heavy (non-hydrogen) atoms. The highest BCUT2D eigenvalue weighted by molar-refractivity contribution is 7.91. The molecule has 0 radical (unpaired) electrons. The van der Waals surface area contributed by atoms with Crippen LogP contribution in [0.5, 0.6) is 0 Å². The Morgan fingerprint density at radius 3 is 2.56 bits per heavy atom. The van der Waals surface area contributed by atoms with Crippen LogP contribution < -0.4 is 5.32 Å². The van der Waals surface area contributed by atoms with Crippen molar-refractivity contribution in [1.82, 2.24) is 5.32 Å². The molecule has 1 rings (SSSR count). The molecule has 0 aromatic carbocycles. The first-order valence-electron chi connectivity index (χ1n) is 3.28. The molecule has 0 aromatic rings. The van der Waals surface area contributed by atoms with Gasteiger partial charge < -0.3 is 4.55 Å². The lowest BCUT2D eigenvalue weighted by molar-refractivity contribution is 0.473. The third-order valence-electron chi connectivity index (χ3n) is 1.68. The highest BCUT2D eigenvalue weighted by Crippen LogP contribution is 2.10. The van der Waals surface area contributed by atoms with Gasteiger partial charge in [0.15, 0.2) is 5.88 Å². The smallest absolute Gasteiger partial charge is 0.157 e. The normalized spacial score (nSPS) is 36.0. The second kappa shape index (κ2) is 2.90. The standard InChI is InChI=1S/C6H13NOS/c1-5(2)6-3-9(8)4-7-6/h5-7H,3-4H2,1-2H3. The van der Waals surface area contributed by atoms with E-state index in [0.29, 0.717) is 17.8 Å². The number of nitrogens with one attached hydrogen (secondary N) is 1. The highest BCUT2D eigenvalue weighted by Gasteiger charge is 2.26. The minimum absolute atomic E-state index is 0.492. The van der Waals surface area contributed by atoms with E-state index in [-0.39, 0.29) is 0 Å². The van der Waals surface area contributed by atoms with Gasteiger partial charge in [0.2, 0.25) is 0 Å². The molecule has 0 saturated carbocycles. The van der Waals surface area contributed by atoms with E-state index in [1.807, 2.05) is 0 Å². The Hall–Kier alpha value is 0.270. The quantitative estimate of drug-likeness (QED) is 0.542. The Labute approximate surface area is 59.2 Å². The lowest BCUT2D eigenvalue weighted by atomic mass is 10.1. The molecule has 1 aliphatic rings. The molecule has 1 fully saturated rings. The maximum absolute atomic E-state index is 10.8. The second-order valence-electron chi connectivity index (χ2n) is 2.81. The summed E-state index contributed by atoms with van der Waals surface area (Å²) in [4.78, 5) is 0. The summed E-state index contributed by atoms with van der Waals surface area (Å²) >= 11 is -0.585. The molecule has 0 spiro atoms. The van der Waals surface area contributed by atoms with Gasteiger partial charge in [0, 0.05) is 0 Å². The maximum atomic E-state index is 10.8. The zero-order valence-electron chi connectivity index (χ0n) is 5.89. The van der Waals surface area contributed by atoms with Crippen molar-refractivity contribution < 1.29 is 4.55 Å². The lowest BCUT2D eigenvalue weighted by Crippen LogP contribution is -2.28. The van der Waals surface area contributed by atoms with Crippen molar-refractivity contribution in [3.05, 3.63) is 0 Å². The van der Waals surface area contributed by atoms with Crippen LogP contribution in [-0.2, 0) is 11.2 Å². The molecule has 0 bridgehead atoms. The van der Waals surface area contributed by atoms with Crippen molar-refractivity contribution in [3.63, 3.8) is 0 Å². The van der Waals surface area contributed by atoms with Gasteiger partial charge in [0.1, 0.15) is 5.75 Å². The first-order chi connectivity index (χ1) is 4.20. The Balaban J connectivity index is 2.30. The predicted octanol–water partition coefficient (Wildman–Crippen LogP) is 0.320. The molecule has 0 amide bonds. The van der Waals surface area contributed by atoms with Gasteiger partial charge in [-0.05, 0) is 17.1 Å². The van der Waals surface area contributed by atoms with E-state index in [2.05, 4.69) is 19.2 Å². The van der Waals surface area contributed by atoms with Crippen molar-refractivity contribution in [2.24, 2.45) is 5.92 Å². The molecule has 3 heteroatoms. The van der Waals surface area contributed by atoms with E-state index in [1.54, 1.807) is 0 Å². The fraction of sp³-hybridized carbons (Fsp3) is 1.00. The first kappa shape index (κ1) is 7.38. The van der Waals surface area contributed by atoms with Crippen LogP contribution in [0, 0.1) is 5.92 Å². The molecule has 1 heterocycles. The highest BCUT2D eigenvalue weighted by atomic mass is 32.2. The zero-order valence-corrected chi connectivity index (χ0v) is 6.70. The zero-order chi connectivity index (χ0) is 6.85. The third-order valence-corrected chi connectivity index (χ3v) is 2.90. The monoisotopic (exact) mass is 147 g/mol. The van der Waals surface area contributed by atoms with Gasteiger partial charge >= 0.3 is 0 Å². The Morgan fingerprint density at radius 2 is 2.33 bits per heavy atom. The van der Waals surface area contributed by atoms with Crippen LogP contribution in [-0.4, -0.2) is 22.2 Å². The Kier molecular flexibility index (Phi) is 2.38. The first-order valence-corrected chi connectivity index (χ1v) is 4.77. The number of rotatable bonds is 1. The summed E-state index contributed by atoms with van der Waals surface area (Å²) in [5.41, 5.74) is 0. The van der Waals surface area contributed by atoms with Crippen LogP contribution in [0.1, 0.15) is 13.8 Å². The van der Waals surface area contributed by atoms with Crippen LogP contribution in [0.2, 0.25) is 0 Å². The molecule has 2 unspecified atom stereocenters.